The molecular formula is C12H14N2O3. The summed E-state index contributed by atoms with van der Waals surface area (Å²) in [5.74, 6) is 0.522. The molecule has 90 valence electrons. The van der Waals surface area contributed by atoms with Gasteiger partial charge in [-0.05, 0) is 19.1 Å². The van der Waals surface area contributed by atoms with Crippen LogP contribution in [0.4, 0.5) is 5.69 Å². The number of Topliss-reactive ketones (excluding diaryl/α,β-unsaturated/α-hetero) is 1. The topological polar surface area (TPSA) is 78.3 Å². The highest BCUT2D eigenvalue weighted by molar-refractivity contribution is 6.00. The van der Waals surface area contributed by atoms with E-state index in [9.17, 15) is 4.79 Å². The summed E-state index contributed by atoms with van der Waals surface area (Å²) in [5, 5.41) is 0. The number of nitrogens with zero attached hydrogens (tertiary/aromatic N) is 1. The van der Waals surface area contributed by atoms with Crippen molar-refractivity contribution in [3.05, 3.63) is 23.6 Å². The molecule has 0 atom stereocenters. The summed E-state index contributed by atoms with van der Waals surface area (Å²) in [6, 6.07) is 3.30. The Labute approximate surface area is 98.6 Å². The lowest BCUT2D eigenvalue weighted by atomic mass is 10.1. The van der Waals surface area contributed by atoms with Gasteiger partial charge in [-0.2, -0.15) is 0 Å². The molecule has 2 rings (SSSR count). The number of carbonyl (C=O) groups excluding carboxylic acids is 1. The Balaban J connectivity index is 2.45. The van der Waals surface area contributed by atoms with Crippen molar-refractivity contribution in [2.75, 3.05) is 19.5 Å². The summed E-state index contributed by atoms with van der Waals surface area (Å²) in [6.07, 6.45) is 0.583. The number of ketones is 1. The molecule has 0 bridgehead atoms. The number of nitrogens with two attached hydrogens (primary N) is 1. The van der Waals surface area contributed by atoms with Crippen LogP contribution in [0.25, 0.3) is 11.1 Å². The van der Waals surface area contributed by atoms with Crippen LogP contribution in [0, 0.1) is 0 Å². The molecule has 0 saturated carbocycles. The van der Waals surface area contributed by atoms with Gasteiger partial charge in [0.25, 0.3) is 0 Å². The Morgan fingerprint density at radius 1 is 1.53 bits per heavy atom. The molecule has 0 aliphatic heterocycles. The number of hydrogen-bond donors (Lipinski definition) is 1. The Morgan fingerprint density at radius 2 is 2.29 bits per heavy atom. The van der Waals surface area contributed by atoms with Gasteiger partial charge < -0.3 is 14.9 Å². The molecule has 5 heteroatoms. The molecule has 2 aromatic rings. The maximum absolute atomic E-state index is 11.3. The molecule has 0 aliphatic carbocycles. The molecule has 0 spiro atoms. The first kappa shape index (κ1) is 11.6. The maximum Gasteiger partial charge on any atom is 0.197 e. The number of ether oxygens (including phenoxy) is 1. The Kier molecular flexibility index (Phi) is 3.10. The first-order valence-electron chi connectivity index (χ1n) is 5.30. The molecule has 0 aliphatic rings. The van der Waals surface area contributed by atoms with E-state index >= 15 is 0 Å². The highest BCUT2D eigenvalue weighted by Gasteiger charge is 2.11. The van der Waals surface area contributed by atoms with Crippen molar-refractivity contribution in [3.8, 4) is 0 Å². The minimum atomic E-state index is -0.0416. The number of rotatable bonds is 4. The fourth-order valence-corrected chi connectivity index (χ4v) is 1.60. The predicted octanol–water partition coefficient (Wildman–Crippen LogP) is 1.80. The number of benzene rings is 1. The second-order valence-corrected chi connectivity index (χ2v) is 3.82. The number of methoxy groups -OCH3 is 1. The number of hydrogen-bond acceptors (Lipinski definition) is 5. The van der Waals surface area contributed by atoms with Crippen LogP contribution in [0.5, 0.6) is 0 Å². The van der Waals surface area contributed by atoms with Crippen molar-refractivity contribution < 1.29 is 13.9 Å². The first-order valence-corrected chi connectivity index (χ1v) is 5.30. The van der Waals surface area contributed by atoms with Crippen molar-refractivity contribution in [2.24, 2.45) is 0 Å². The second-order valence-electron chi connectivity index (χ2n) is 3.82. The van der Waals surface area contributed by atoms with Gasteiger partial charge >= 0.3 is 0 Å². The third-order valence-corrected chi connectivity index (χ3v) is 2.49. The van der Waals surface area contributed by atoms with E-state index in [-0.39, 0.29) is 5.78 Å². The summed E-state index contributed by atoms with van der Waals surface area (Å²) in [4.78, 5) is 15.6. The number of carbonyl (C=O) groups is 1. The van der Waals surface area contributed by atoms with Gasteiger partial charge in [0.15, 0.2) is 17.3 Å². The molecule has 0 fully saturated rings. The molecule has 1 heterocycles. The standard InChI is InChI=1S/C12H14N2O3/c1-7(15)8-5-9(13)12-10(6-8)14-11(17-12)3-4-16-2/h5-6H,3-4,13H2,1-2H3. The molecule has 2 N–H and O–H groups in total. The highest BCUT2D eigenvalue weighted by Crippen LogP contribution is 2.24. The highest BCUT2D eigenvalue weighted by atomic mass is 16.5. The normalized spacial score (nSPS) is 10.9. The minimum Gasteiger partial charge on any atom is -0.438 e. The number of nitrogen functional groups attached to an aromatic ring is 1. The number of oxazole rings is 1. The van der Waals surface area contributed by atoms with E-state index in [1.54, 1.807) is 19.2 Å². The van der Waals surface area contributed by atoms with Crippen molar-refractivity contribution in [3.63, 3.8) is 0 Å². The summed E-state index contributed by atoms with van der Waals surface area (Å²) in [6.45, 7) is 2.03. The van der Waals surface area contributed by atoms with Crippen molar-refractivity contribution in [2.45, 2.75) is 13.3 Å². The maximum atomic E-state index is 11.3. The van der Waals surface area contributed by atoms with Gasteiger partial charge in [-0.1, -0.05) is 0 Å². The molecule has 0 amide bonds. The van der Waals surface area contributed by atoms with Crippen molar-refractivity contribution in [1.29, 1.82) is 0 Å². The fraction of sp³-hybridized carbons (Fsp3) is 0.333. The first-order chi connectivity index (χ1) is 8.11. The van der Waals surface area contributed by atoms with Crippen LogP contribution < -0.4 is 5.73 Å². The van der Waals surface area contributed by atoms with E-state index in [2.05, 4.69) is 4.98 Å². The van der Waals surface area contributed by atoms with Crippen LogP contribution in [0.15, 0.2) is 16.5 Å². The molecule has 0 radical (unpaired) electrons. The largest absolute Gasteiger partial charge is 0.438 e. The third-order valence-electron chi connectivity index (χ3n) is 2.49. The Morgan fingerprint density at radius 3 is 2.94 bits per heavy atom. The van der Waals surface area contributed by atoms with Gasteiger partial charge in [0.2, 0.25) is 0 Å². The van der Waals surface area contributed by atoms with Gasteiger partial charge in [0, 0.05) is 19.1 Å². The zero-order valence-corrected chi connectivity index (χ0v) is 9.82. The SMILES string of the molecule is COCCc1nc2cc(C(C)=O)cc(N)c2o1. The molecule has 0 unspecified atom stereocenters. The van der Waals surface area contributed by atoms with Gasteiger partial charge in [-0.25, -0.2) is 4.98 Å². The van der Waals surface area contributed by atoms with E-state index in [4.69, 9.17) is 14.9 Å². The lowest BCUT2D eigenvalue weighted by Gasteiger charge is -1.97. The summed E-state index contributed by atoms with van der Waals surface area (Å²) < 4.78 is 10.5. The second kappa shape index (κ2) is 4.55. The van der Waals surface area contributed by atoms with Crippen molar-refractivity contribution in [1.82, 2.24) is 4.98 Å². The lowest BCUT2D eigenvalue weighted by Crippen LogP contribution is -1.95. The third kappa shape index (κ3) is 2.29. The summed E-state index contributed by atoms with van der Waals surface area (Å²) in [7, 11) is 1.62. The zero-order chi connectivity index (χ0) is 12.4. The van der Waals surface area contributed by atoms with Crippen LogP contribution in [0.3, 0.4) is 0 Å². The quantitative estimate of drug-likeness (QED) is 0.644. The Hall–Kier alpha value is -1.88. The van der Waals surface area contributed by atoms with Gasteiger partial charge in [-0.3, -0.25) is 4.79 Å². The smallest absolute Gasteiger partial charge is 0.197 e. The summed E-state index contributed by atoms with van der Waals surface area (Å²) in [5.41, 5.74) is 7.94. The van der Waals surface area contributed by atoms with Crippen LogP contribution in [0.2, 0.25) is 0 Å². The average Bonchev–Trinajstić information content (AvgIpc) is 2.69. The van der Waals surface area contributed by atoms with Crippen LogP contribution in [-0.2, 0) is 11.2 Å². The molecule has 0 saturated heterocycles. The molecule has 1 aromatic carbocycles. The number of fused-ring (bicyclic) bond motifs is 1. The van der Waals surface area contributed by atoms with Gasteiger partial charge in [-0.15, -0.1) is 0 Å². The van der Waals surface area contributed by atoms with Crippen LogP contribution >= 0.6 is 0 Å². The molecule has 5 nitrogen and oxygen atoms in total. The summed E-state index contributed by atoms with van der Waals surface area (Å²) >= 11 is 0. The number of aromatic nitrogens is 1. The Bertz CT molecular complexity index is 560. The minimum absolute atomic E-state index is 0.0416. The number of anilines is 1. The van der Waals surface area contributed by atoms with Crippen molar-refractivity contribution >= 4 is 22.6 Å². The van der Waals surface area contributed by atoms with E-state index in [1.165, 1.54) is 6.92 Å². The van der Waals surface area contributed by atoms with E-state index in [0.717, 1.165) is 0 Å². The van der Waals surface area contributed by atoms with Gasteiger partial charge in [0.05, 0.1) is 12.3 Å². The molecule has 17 heavy (non-hydrogen) atoms. The van der Waals surface area contributed by atoms with Crippen LogP contribution in [-0.4, -0.2) is 24.5 Å². The molecular weight excluding hydrogens is 220 g/mol. The van der Waals surface area contributed by atoms with E-state index < -0.39 is 0 Å². The van der Waals surface area contributed by atoms with E-state index in [1.807, 2.05) is 0 Å². The zero-order valence-electron chi connectivity index (χ0n) is 9.82. The average molecular weight is 234 g/mol. The van der Waals surface area contributed by atoms with Gasteiger partial charge in [0.1, 0.15) is 5.52 Å². The van der Waals surface area contributed by atoms with Crippen LogP contribution in [0.1, 0.15) is 23.2 Å². The lowest BCUT2D eigenvalue weighted by molar-refractivity contribution is 0.101. The monoisotopic (exact) mass is 234 g/mol. The fourth-order valence-electron chi connectivity index (χ4n) is 1.60. The predicted molar refractivity (Wildman–Crippen MR) is 64.0 cm³/mol. The van der Waals surface area contributed by atoms with E-state index in [0.29, 0.717) is 41.3 Å². The molecule has 1 aromatic heterocycles.